The number of hydrogen-bond acceptors (Lipinski definition) is 5. The average molecular weight is 322 g/mol. The Balaban J connectivity index is 2.62. The maximum absolute atomic E-state index is 12.6. The van der Waals surface area contributed by atoms with Gasteiger partial charge in [0.05, 0.1) is 30.2 Å². The Kier molecular flexibility index (Phi) is 4.48. The van der Waals surface area contributed by atoms with Gasteiger partial charge < -0.3 is 9.47 Å². The van der Waals surface area contributed by atoms with Crippen molar-refractivity contribution in [2.45, 2.75) is 4.90 Å². The highest BCUT2D eigenvalue weighted by molar-refractivity contribution is 7.85. The number of para-hydroxylation sites is 1. The van der Waals surface area contributed by atoms with Crippen LogP contribution in [0.2, 0.25) is 0 Å². The molecule has 0 aliphatic rings. The standard InChI is InChI=1S/C15H14O6S/c1-20-13-6-4-3-5-11(13)15(16)12-9-10(22(17,18)19)7-8-14(12)21-2/h3-9H,1-2H3,(H,17,18,19). The Hall–Kier alpha value is -2.38. The molecule has 0 amide bonds. The summed E-state index contributed by atoms with van der Waals surface area (Å²) in [6.45, 7) is 0. The van der Waals surface area contributed by atoms with Crippen molar-refractivity contribution in [1.82, 2.24) is 0 Å². The van der Waals surface area contributed by atoms with Gasteiger partial charge in [0.2, 0.25) is 5.78 Å². The SMILES string of the molecule is COc1ccccc1C(=O)c1cc(S(=O)(=O)O)ccc1OC. The molecule has 0 radical (unpaired) electrons. The van der Waals surface area contributed by atoms with Gasteiger partial charge in [-0.3, -0.25) is 9.35 Å². The van der Waals surface area contributed by atoms with Crippen molar-refractivity contribution in [3.8, 4) is 11.5 Å². The predicted molar refractivity (Wildman–Crippen MR) is 79.2 cm³/mol. The summed E-state index contributed by atoms with van der Waals surface area (Å²) in [7, 11) is -1.63. The summed E-state index contributed by atoms with van der Waals surface area (Å²) in [5.41, 5.74) is 0.276. The van der Waals surface area contributed by atoms with E-state index >= 15 is 0 Å². The van der Waals surface area contributed by atoms with Crippen LogP contribution in [-0.2, 0) is 10.1 Å². The minimum absolute atomic E-state index is 0.0159. The lowest BCUT2D eigenvalue weighted by Crippen LogP contribution is -2.08. The average Bonchev–Trinajstić information content (AvgIpc) is 2.52. The predicted octanol–water partition coefficient (Wildman–Crippen LogP) is 2.18. The van der Waals surface area contributed by atoms with Crippen LogP contribution in [0.15, 0.2) is 47.4 Å². The molecule has 0 unspecified atom stereocenters. The molecule has 0 atom stereocenters. The third-order valence-electron chi connectivity index (χ3n) is 3.07. The first-order chi connectivity index (χ1) is 10.4. The van der Waals surface area contributed by atoms with Gasteiger partial charge in [0.15, 0.2) is 0 Å². The molecule has 0 bridgehead atoms. The van der Waals surface area contributed by atoms with Gasteiger partial charge in [-0.2, -0.15) is 8.42 Å². The fourth-order valence-corrected chi connectivity index (χ4v) is 2.51. The molecule has 22 heavy (non-hydrogen) atoms. The molecule has 6 nitrogen and oxygen atoms in total. The van der Waals surface area contributed by atoms with E-state index in [-0.39, 0.29) is 21.8 Å². The molecule has 2 aromatic carbocycles. The van der Waals surface area contributed by atoms with Crippen LogP contribution in [0.4, 0.5) is 0 Å². The lowest BCUT2D eigenvalue weighted by molar-refractivity contribution is 0.103. The number of ether oxygens (including phenoxy) is 2. The van der Waals surface area contributed by atoms with Gasteiger partial charge in [0, 0.05) is 0 Å². The Labute approximate surface area is 128 Å². The van der Waals surface area contributed by atoms with E-state index in [1.807, 2.05) is 0 Å². The first kappa shape index (κ1) is 16.0. The van der Waals surface area contributed by atoms with Crippen molar-refractivity contribution in [1.29, 1.82) is 0 Å². The second-order valence-electron chi connectivity index (χ2n) is 4.37. The van der Waals surface area contributed by atoms with Crippen molar-refractivity contribution in [3.63, 3.8) is 0 Å². The Morgan fingerprint density at radius 1 is 0.955 bits per heavy atom. The number of rotatable bonds is 5. The number of carbonyl (C=O) groups excluding carboxylic acids is 1. The summed E-state index contributed by atoms with van der Waals surface area (Å²) < 4.78 is 41.8. The van der Waals surface area contributed by atoms with E-state index in [0.717, 1.165) is 12.1 Å². The minimum Gasteiger partial charge on any atom is -0.496 e. The molecule has 0 spiro atoms. The monoisotopic (exact) mass is 322 g/mol. The molecule has 0 aliphatic heterocycles. The maximum Gasteiger partial charge on any atom is 0.294 e. The molecular weight excluding hydrogens is 308 g/mol. The van der Waals surface area contributed by atoms with Gasteiger partial charge in [0.1, 0.15) is 11.5 Å². The Morgan fingerprint density at radius 2 is 1.55 bits per heavy atom. The third-order valence-corrected chi connectivity index (χ3v) is 3.91. The van der Waals surface area contributed by atoms with E-state index < -0.39 is 15.9 Å². The van der Waals surface area contributed by atoms with Gasteiger partial charge in [-0.05, 0) is 30.3 Å². The maximum atomic E-state index is 12.6. The smallest absolute Gasteiger partial charge is 0.294 e. The Bertz CT molecular complexity index is 811. The van der Waals surface area contributed by atoms with Crippen LogP contribution < -0.4 is 9.47 Å². The molecule has 0 aliphatic carbocycles. The summed E-state index contributed by atoms with van der Waals surface area (Å²) in [5.74, 6) is 0.0786. The number of benzene rings is 2. The molecule has 0 saturated carbocycles. The third kappa shape index (κ3) is 3.10. The second-order valence-corrected chi connectivity index (χ2v) is 5.79. The van der Waals surface area contributed by atoms with Crippen molar-refractivity contribution < 1.29 is 27.2 Å². The second kappa shape index (κ2) is 6.17. The molecular formula is C15H14O6S. The molecule has 0 saturated heterocycles. The fourth-order valence-electron chi connectivity index (χ4n) is 2.00. The first-order valence-electron chi connectivity index (χ1n) is 6.21. The largest absolute Gasteiger partial charge is 0.496 e. The zero-order valence-corrected chi connectivity index (χ0v) is 12.8. The van der Waals surface area contributed by atoms with E-state index in [4.69, 9.17) is 14.0 Å². The highest BCUT2D eigenvalue weighted by Gasteiger charge is 2.21. The zero-order valence-electron chi connectivity index (χ0n) is 11.9. The van der Waals surface area contributed by atoms with E-state index in [1.54, 1.807) is 24.3 Å². The van der Waals surface area contributed by atoms with Crippen LogP contribution in [0.3, 0.4) is 0 Å². The summed E-state index contributed by atoms with van der Waals surface area (Å²) in [6.07, 6.45) is 0. The van der Waals surface area contributed by atoms with Crippen LogP contribution in [0.1, 0.15) is 15.9 Å². The molecule has 0 aromatic heterocycles. The van der Waals surface area contributed by atoms with Crippen molar-refractivity contribution in [2.24, 2.45) is 0 Å². The van der Waals surface area contributed by atoms with Crippen LogP contribution in [0, 0.1) is 0 Å². The molecule has 116 valence electrons. The fraction of sp³-hybridized carbons (Fsp3) is 0.133. The summed E-state index contributed by atoms with van der Waals surface area (Å²) in [5, 5.41) is 0. The lowest BCUT2D eigenvalue weighted by atomic mass is 10.0. The summed E-state index contributed by atoms with van der Waals surface area (Å²) >= 11 is 0. The lowest BCUT2D eigenvalue weighted by Gasteiger charge is -2.11. The molecule has 0 heterocycles. The molecule has 0 fully saturated rings. The zero-order chi connectivity index (χ0) is 16.3. The van der Waals surface area contributed by atoms with Crippen LogP contribution in [-0.4, -0.2) is 33.0 Å². The minimum atomic E-state index is -4.42. The van der Waals surface area contributed by atoms with E-state index in [0.29, 0.717) is 5.75 Å². The van der Waals surface area contributed by atoms with Gasteiger partial charge in [0.25, 0.3) is 10.1 Å². The van der Waals surface area contributed by atoms with Crippen LogP contribution >= 0.6 is 0 Å². The van der Waals surface area contributed by atoms with Gasteiger partial charge in [-0.1, -0.05) is 12.1 Å². The highest BCUT2D eigenvalue weighted by atomic mass is 32.2. The highest BCUT2D eigenvalue weighted by Crippen LogP contribution is 2.28. The number of methoxy groups -OCH3 is 2. The van der Waals surface area contributed by atoms with Crippen molar-refractivity contribution in [3.05, 3.63) is 53.6 Å². The van der Waals surface area contributed by atoms with Gasteiger partial charge >= 0.3 is 0 Å². The van der Waals surface area contributed by atoms with E-state index in [9.17, 15) is 13.2 Å². The first-order valence-corrected chi connectivity index (χ1v) is 7.65. The molecule has 7 heteroatoms. The molecule has 1 N–H and O–H groups in total. The quantitative estimate of drug-likeness (QED) is 0.670. The topological polar surface area (TPSA) is 89.9 Å². The normalized spacial score (nSPS) is 11.0. The van der Waals surface area contributed by atoms with Gasteiger partial charge in [-0.15, -0.1) is 0 Å². The summed E-state index contributed by atoms with van der Waals surface area (Å²) in [4.78, 5) is 12.3. The van der Waals surface area contributed by atoms with E-state index in [2.05, 4.69) is 0 Å². The molecule has 2 aromatic rings. The van der Waals surface area contributed by atoms with Gasteiger partial charge in [-0.25, -0.2) is 0 Å². The number of ketones is 1. The molecule has 2 rings (SSSR count). The van der Waals surface area contributed by atoms with Crippen LogP contribution in [0.5, 0.6) is 11.5 Å². The summed E-state index contributed by atoms with van der Waals surface area (Å²) in [6, 6.07) is 10.1. The van der Waals surface area contributed by atoms with Crippen LogP contribution in [0.25, 0.3) is 0 Å². The van der Waals surface area contributed by atoms with Crippen molar-refractivity contribution in [2.75, 3.05) is 14.2 Å². The van der Waals surface area contributed by atoms with E-state index in [1.165, 1.54) is 20.3 Å². The number of hydrogen-bond donors (Lipinski definition) is 1. The number of carbonyl (C=O) groups is 1. The Morgan fingerprint density at radius 3 is 2.14 bits per heavy atom. The van der Waals surface area contributed by atoms with Crippen molar-refractivity contribution >= 4 is 15.9 Å².